The van der Waals surface area contributed by atoms with E-state index in [9.17, 15) is 18.0 Å². The standard InChI is InChI=1S/C11H8F3NO/c12-11(13,14)8-1-2-10-9(5-8)7(3-4-16)6-15-10/h1-2,4-6,15H,3H2. The van der Waals surface area contributed by atoms with Gasteiger partial charge in [0.2, 0.25) is 0 Å². The minimum atomic E-state index is -4.36. The lowest BCUT2D eigenvalue weighted by molar-refractivity contribution is -0.137. The number of aromatic amines is 1. The van der Waals surface area contributed by atoms with Gasteiger partial charge in [-0.05, 0) is 23.8 Å². The molecule has 0 amide bonds. The summed E-state index contributed by atoms with van der Waals surface area (Å²) < 4.78 is 37.4. The van der Waals surface area contributed by atoms with E-state index >= 15 is 0 Å². The molecular weight excluding hydrogens is 219 g/mol. The number of nitrogens with one attached hydrogen (secondary N) is 1. The molecule has 2 nitrogen and oxygen atoms in total. The Kier molecular flexibility index (Phi) is 2.46. The molecule has 0 aliphatic carbocycles. The lowest BCUT2D eigenvalue weighted by Crippen LogP contribution is -2.04. The third kappa shape index (κ3) is 1.80. The van der Waals surface area contributed by atoms with Crippen LogP contribution in [0.2, 0.25) is 0 Å². The average Bonchev–Trinajstić information content (AvgIpc) is 2.60. The Balaban J connectivity index is 2.58. The van der Waals surface area contributed by atoms with Gasteiger partial charge >= 0.3 is 6.18 Å². The number of carbonyl (C=O) groups excluding carboxylic acids is 1. The SMILES string of the molecule is O=CCc1c[nH]c2ccc(C(F)(F)F)cc12. The molecule has 0 unspecified atom stereocenters. The molecule has 0 spiro atoms. The van der Waals surface area contributed by atoms with Crippen molar-refractivity contribution in [2.24, 2.45) is 0 Å². The molecule has 5 heteroatoms. The van der Waals surface area contributed by atoms with Gasteiger partial charge in [-0.1, -0.05) is 0 Å². The van der Waals surface area contributed by atoms with Crippen molar-refractivity contribution in [2.45, 2.75) is 12.6 Å². The number of aromatic nitrogens is 1. The number of benzene rings is 1. The molecule has 1 aromatic carbocycles. The fraction of sp³-hybridized carbons (Fsp3) is 0.182. The molecule has 0 radical (unpaired) electrons. The van der Waals surface area contributed by atoms with Gasteiger partial charge in [0.05, 0.1) is 5.56 Å². The zero-order chi connectivity index (χ0) is 11.8. The highest BCUT2D eigenvalue weighted by Crippen LogP contribution is 2.32. The molecule has 2 rings (SSSR count). The number of hydrogen-bond acceptors (Lipinski definition) is 1. The van der Waals surface area contributed by atoms with Crippen LogP contribution < -0.4 is 0 Å². The molecule has 1 aromatic heterocycles. The van der Waals surface area contributed by atoms with Gasteiger partial charge in [-0.3, -0.25) is 0 Å². The monoisotopic (exact) mass is 227 g/mol. The fourth-order valence-corrected chi connectivity index (χ4v) is 1.61. The quantitative estimate of drug-likeness (QED) is 0.786. The van der Waals surface area contributed by atoms with Crippen molar-refractivity contribution in [3.63, 3.8) is 0 Å². The Bertz CT molecular complexity index is 527. The molecule has 84 valence electrons. The first-order valence-corrected chi connectivity index (χ1v) is 4.63. The molecular formula is C11H8F3NO. The molecule has 0 atom stereocenters. The van der Waals surface area contributed by atoms with Gasteiger partial charge in [0, 0.05) is 23.5 Å². The van der Waals surface area contributed by atoms with E-state index in [-0.39, 0.29) is 6.42 Å². The Morgan fingerprint density at radius 3 is 2.69 bits per heavy atom. The summed E-state index contributed by atoms with van der Waals surface area (Å²) >= 11 is 0. The van der Waals surface area contributed by atoms with E-state index in [1.54, 1.807) is 6.20 Å². The number of halogens is 3. The summed E-state index contributed by atoms with van der Waals surface area (Å²) in [7, 11) is 0. The first-order chi connectivity index (χ1) is 7.52. The smallest absolute Gasteiger partial charge is 0.361 e. The van der Waals surface area contributed by atoms with E-state index < -0.39 is 11.7 Å². The summed E-state index contributed by atoms with van der Waals surface area (Å²) in [5.74, 6) is 0. The summed E-state index contributed by atoms with van der Waals surface area (Å²) in [5, 5.41) is 0.446. The van der Waals surface area contributed by atoms with Crippen LogP contribution in [0.1, 0.15) is 11.1 Å². The Morgan fingerprint density at radius 2 is 2.06 bits per heavy atom. The van der Waals surface area contributed by atoms with Crippen LogP contribution >= 0.6 is 0 Å². The van der Waals surface area contributed by atoms with Crippen LogP contribution in [0.15, 0.2) is 24.4 Å². The summed E-state index contributed by atoms with van der Waals surface area (Å²) in [6, 6.07) is 3.45. The number of carbonyl (C=O) groups is 1. The molecule has 0 bridgehead atoms. The van der Waals surface area contributed by atoms with Crippen LogP contribution in [0.3, 0.4) is 0 Å². The predicted octanol–water partition coefficient (Wildman–Crippen LogP) is 2.93. The van der Waals surface area contributed by atoms with Gasteiger partial charge in [0.1, 0.15) is 6.29 Å². The van der Waals surface area contributed by atoms with Gasteiger partial charge in [-0.15, -0.1) is 0 Å². The zero-order valence-electron chi connectivity index (χ0n) is 8.14. The summed E-state index contributed by atoms with van der Waals surface area (Å²) in [5.41, 5.74) is 0.479. The lowest BCUT2D eigenvalue weighted by atomic mass is 10.1. The summed E-state index contributed by atoms with van der Waals surface area (Å²) in [6.07, 6.45) is -2.02. The number of rotatable bonds is 2. The van der Waals surface area contributed by atoms with Gasteiger partial charge < -0.3 is 9.78 Å². The molecule has 16 heavy (non-hydrogen) atoms. The molecule has 1 N–H and O–H groups in total. The van der Waals surface area contributed by atoms with Crippen molar-refractivity contribution in [2.75, 3.05) is 0 Å². The number of aldehydes is 1. The van der Waals surface area contributed by atoms with Crippen LogP contribution in [0.25, 0.3) is 10.9 Å². The maximum atomic E-state index is 12.5. The van der Waals surface area contributed by atoms with E-state index in [0.717, 1.165) is 12.1 Å². The molecule has 2 aromatic rings. The van der Waals surface area contributed by atoms with E-state index in [1.165, 1.54) is 6.07 Å². The van der Waals surface area contributed by atoms with E-state index in [1.807, 2.05) is 0 Å². The van der Waals surface area contributed by atoms with Gasteiger partial charge in [0.25, 0.3) is 0 Å². The summed E-state index contributed by atoms with van der Waals surface area (Å²) in [4.78, 5) is 13.2. The average molecular weight is 227 g/mol. The minimum Gasteiger partial charge on any atom is -0.361 e. The molecule has 0 saturated heterocycles. The largest absolute Gasteiger partial charge is 0.416 e. The predicted molar refractivity (Wildman–Crippen MR) is 53.1 cm³/mol. The van der Waals surface area contributed by atoms with Gasteiger partial charge in [-0.2, -0.15) is 13.2 Å². The van der Waals surface area contributed by atoms with Gasteiger partial charge in [0.15, 0.2) is 0 Å². The summed E-state index contributed by atoms with van der Waals surface area (Å²) in [6.45, 7) is 0. The van der Waals surface area contributed by atoms with Crippen molar-refractivity contribution in [3.8, 4) is 0 Å². The topological polar surface area (TPSA) is 32.9 Å². The van der Waals surface area contributed by atoms with E-state index in [0.29, 0.717) is 22.8 Å². The third-order valence-corrected chi connectivity index (χ3v) is 2.40. The van der Waals surface area contributed by atoms with Gasteiger partial charge in [-0.25, -0.2) is 0 Å². The highest BCUT2D eigenvalue weighted by atomic mass is 19.4. The Morgan fingerprint density at radius 1 is 1.31 bits per heavy atom. The third-order valence-electron chi connectivity index (χ3n) is 2.40. The van der Waals surface area contributed by atoms with Crippen LogP contribution in [0, 0.1) is 0 Å². The molecule has 0 fully saturated rings. The molecule has 0 saturated carbocycles. The number of hydrogen-bond donors (Lipinski definition) is 1. The highest BCUT2D eigenvalue weighted by Gasteiger charge is 2.30. The Hall–Kier alpha value is -1.78. The second-order valence-corrected chi connectivity index (χ2v) is 3.44. The normalized spacial score (nSPS) is 11.9. The van der Waals surface area contributed by atoms with Crippen LogP contribution in [-0.2, 0) is 17.4 Å². The molecule has 1 heterocycles. The Labute approximate surface area is 89.1 Å². The van der Waals surface area contributed by atoms with Crippen molar-refractivity contribution in [3.05, 3.63) is 35.5 Å². The molecule has 0 aliphatic rings. The number of fused-ring (bicyclic) bond motifs is 1. The number of alkyl halides is 3. The van der Waals surface area contributed by atoms with Crippen LogP contribution in [0.5, 0.6) is 0 Å². The second-order valence-electron chi connectivity index (χ2n) is 3.44. The van der Waals surface area contributed by atoms with Crippen molar-refractivity contribution < 1.29 is 18.0 Å². The van der Waals surface area contributed by atoms with Crippen molar-refractivity contribution >= 4 is 17.2 Å². The zero-order valence-corrected chi connectivity index (χ0v) is 8.14. The lowest BCUT2D eigenvalue weighted by Gasteiger charge is -2.06. The maximum absolute atomic E-state index is 12.5. The minimum absolute atomic E-state index is 0.112. The maximum Gasteiger partial charge on any atom is 0.416 e. The number of H-pyrrole nitrogens is 1. The second kappa shape index (κ2) is 3.66. The highest BCUT2D eigenvalue weighted by molar-refractivity contribution is 5.85. The first kappa shape index (κ1) is 10.7. The van der Waals surface area contributed by atoms with Crippen molar-refractivity contribution in [1.29, 1.82) is 0 Å². The first-order valence-electron chi connectivity index (χ1n) is 4.63. The molecule has 0 aliphatic heterocycles. The van der Waals surface area contributed by atoms with Crippen molar-refractivity contribution in [1.82, 2.24) is 4.98 Å². The van der Waals surface area contributed by atoms with Crippen LogP contribution in [-0.4, -0.2) is 11.3 Å². The van der Waals surface area contributed by atoms with Crippen LogP contribution in [0.4, 0.5) is 13.2 Å². The fourth-order valence-electron chi connectivity index (χ4n) is 1.61. The van der Waals surface area contributed by atoms with E-state index in [4.69, 9.17) is 0 Å². The van der Waals surface area contributed by atoms with E-state index in [2.05, 4.69) is 4.98 Å².